The predicted octanol–water partition coefficient (Wildman–Crippen LogP) is 4.25. The maximum atomic E-state index is 13.4. The lowest BCUT2D eigenvalue weighted by Gasteiger charge is -2.37. The van der Waals surface area contributed by atoms with E-state index in [2.05, 4.69) is 10.1 Å². The van der Waals surface area contributed by atoms with E-state index in [1.807, 2.05) is 19.1 Å². The number of phenolic OH excluding ortho intramolecular Hbond substituents is 1. The van der Waals surface area contributed by atoms with Crippen LogP contribution in [0.25, 0.3) is 0 Å². The summed E-state index contributed by atoms with van der Waals surface area (Å²) in [7, 11) is -3.67. The Hall–Kier alpha value is -2.71. The van der Waals surface area contributed by atoms with Crippen molar-refractivity contribution in [1.29, 1.82) is 0 Å². The molecule has 1 aliphatic rings. The van der Waals surface area contributed by atoms with Gasteiger partial charge in [0.15, 0.2) is 5.82 Å². The number of sulfonamides is 1. The van der Waals surface area contributed by atoms with Gasteiger partial charge < -0.3 is 9.63 Å². The van der Waals surface area contributed by atoms with Crippen LogP contribution in [-0.4, -0.2) is 34.0 Å². The van der Waals surface area contributed by atoms with Crippen molar-refractivity contribution in [3.8, 4) is 5.75 Å². The monoisotopic (exact) mass is 441 g/mol. The molecule has 4 rings (SSSR count). The van der Waals surface area contributed by atoms with Gasteiger partial charge in [0.2, 0.25) is 15.9 Å². The molecule has 0 amide bonds. The van der Waals surface area contributed by atoms with E-state index in [1.54, 1.807) is 46.8 Å². The summed E-state index contributed by atoms with van der Waals surface area (Å²) in [5.74, 6) is 1.21. The summed E-state index contributed by atoms with van der Waals surface area (Å²) >= 11 is 0. The van der Waals surface area contributed by atoms with Crippen molar-refractivity contribution < 1.29 is 18.0 Å². The van der Waals surface area contributed by atoms with Crippen LogP contribution < -0.4 is 0 Å². The summed E-state index contributed by atoms with van der Waals surface area (Å²) in [4.78, 5) is 4.83. The maximum absolute atomic E-state index is 13.4. The van der Waals surface area contributed by atoms with Gasteiger partial charge in [-0.3, -0.25) is 0 Å². The van der Waals surface area contributed by atoms with Gasteiger partial charge in [0.1, 0.15) is 11.8 Å². The predicted molar refractivity (Wildman–Crippen MR) is 116 cm³/mol. The topological polar surface area (TPSA) is 96.5 Å². The summed E-state index contributed by atoms with van der Waals surface area (Å²) in [6.45, 7) is 1.93. The average molecular weight is 442 g/mol. The Morgan fingerprint density at radius 2 is 1.81 bits per heavy atom. The van der Waals surface area contributed by atoms with Crippen molar-refractivity contribution in [3.05, 3.63) is 71.9 Å². The number of aromatic hydroxyl groups is 1. The first kappa shape index (κ1) is 21.5. The van der Waals surface area contributed by atoms with Gasteiger partial charge >= 0.3 is 0 Å². The molecule has 8 heteroatoms. The molecule has 1 N–H and O–H groups in total. The SMILES string of the molecule is C[C@@H]1CCC[C@@H](c2nc(CCCc3ccc(O)cc3)no2)N1S(=O)(=O)c1ccccc1. The van der Waals surface area contributed by atoms with Crippen molar-refractivity contribution in [1.82, 2.24) is 14.4 Å². The minimum atomic E-state index is -3.67. The molecule has 3 aromatic rings. The molecule has 0 aliphatic carbocycles. The highest BCUT2D eigenvalue weighted by Crippen LogP contribution is 2.38. The number of phenols is 1. The minimum Gasteiger partial charge on any atom is -0.508 e. The second kappa shape index (κ2) is 9.20. The highest BCUT2D eigenvalue weighted by Gasteiger charge is 2.41. The largest absolute Gasteiger partial charge is 0.508 e. The Balaban J connectivity index is 1.48. The Morgan fingerprint density at radius 3 is 2.55 bits per heavy atom. The number of benzene rings is 2. The Bertz CT molecular complexity index is 1100. The van der Waals surface area contributed by atoms with E-state index in [-0.39, 0.29) is 16.7 Å². The number of nitrogens with zero attached hydrogens (tertiary/aromatic N) is 3. The van der Waals surface area contributed by atoms with Gasteiger partial charge in [-0.2, -0.15) is 9.29 Å². The van der Waals surface area contributed by atoms with E-state index >= 15 is 0 Å². The maximum Gasteiger partial charge on any atom is 0.245 e. The molecule has 1 saturated heterocycles. The molecule has 164 valence electrons. The quantitative estimate of drug-likeness (QED) is 0.589. The van der Waals surface area contributed by atoms with Gasteiger partial charge in [-0.1, -0.05) is 35.5 Å². The fraction of sp³-hybridized carbons (Fsp3) is 0.391. The molecular formula is C23H27N3O4S. The molecule has 7 nitrogen and oxygen atoms in total. The molecule has 31 heavy (non-hydrogen) atoms. The van der Waals surface area contributed by atoms with Crippen molar-refractivity contribution in [2.24, 2.45) is 0 Å². The Morgan fingerprint density at radius 1 is 1.06 bits per heavy atom. The number of rotatable bonds is 7. The van der Waals surface area contributed by atoms with E-state index in [1.165, 1.54) is 0 Å². The lowest BCUT2D eigenvalue weighted by atomic mass is 9.99. The summed E-state index contributed by atoms with van der Waals surface area (Å²) in [5, 5.41) is 13.5. The lowest BCUT2D eigenvalue weighted by molar-refractivity contribution is 0.158. The number of hydrogen-bond acceptors (Lipinski definition) is 6. The standard InChI is InChI=1S/C23H27N3O4S/c1-17-7-5-11-21(26(17)31(28,29)20-9-3-2-4-10-20)23-24-22(25-30-23)12-6-8-18-13-15-19(27)16-14-18/h2-4,9-10,13-17,21,27H,5-8,11-12H2,1H3/t17-,21+/m1/s1. The fourth-order valence-corrected chi connectivity index (χ4v) is 5.99. The van der Waals surface area contributed by atoms with Crippen molar-refractivity contribution >= 4 is 10.0 Å². The molecule has 0 unspecified atom stereocenters. The second-order valence-corrected chi connectivity index (χ2v) is 9.86. The van der Waals surface area contributed by atoms with Crippen LogP contribution in [0.15, 0.2) is 64.0 Å². The van der Waals surface area contributed by atoms with Gasteiger partial charge in [-0.25, -0.2) is 8.42 Å². The molecule has 2 heterocycles. The van der Waals surface area contributed by atoms with Crippen LogP contribution in [0.4, 0.5) is 0 Å². The average Bonchev–Trinajstić information content (AvgIpc) is 3.24. The van der Waals surface area contributed by atoms with Gasteiger partial charge in [-0.15, -0.1) is 0 Å². The zero-order chi connectivity index (χ0) is 21.8. The second-order valence-electron chi connectivity index (χ2n) is 8.01. The van der Waals surface area contributed by atoms with Gasteiger partial charge in [0.05, 0.1) is 4.90 Å². The van der Waals surface area contributed by atoms with Crippen LogP contribution in [0, 0.1) is 0 Å². The van der Waals surface area contributed by atoms with Crippen molar-refractivity contribution in [2.45, 2.75) is 62.4 Å². The van der Waals surface area contributed by atoms with Gasteiger partial charge in [0, 0.05) is 12.5 Å². The Labute approximate surface area is 182 Å². The number of hydrogen-bond donors (Lipinski definition) is 1. The van der Waals surface area contributed by atoms with Crippen LogP contribution in [0.5, 0.6) is 5.75 Å². The smallest absolute Gasteiger partial charge is 0.245 e. The van der Waals surface area contributed by atoms with E-state index in [0.29, 0.717) is 24.6 Å². The molecule has 1 fully saturated rings. The van der Waals surface area contributed by atoms with E-state index < -0.39 is 16.1 Å². The highest BCUT2D eigenvalue weighted by atomic mass is 32.2. The third-order valence-electron chi connectivity index (χ3n) is 5.73. The molecule has 1 aromatic heterocycles. The molecule has 1 aliphatic heterocycles. The molecule has 0 radical (unpaired) electrons. The van der Waals surface area contributed by atoms with Crippen molar-refractivity contribution in [2.75, 3.05) is 0 Å². The molecule has 2 atom stereocenters. The minimum absolute atomic E-state index is 0.145. The van der Waals surface area contributed by atoms with Crippen LogP contribution in [0.2, 0.25) is 0 Å². The van der Waals surface area contributed by atoms with E-state index in [4.69, 9.17) is 4.52 Å². The molecular weight excluding hydrogens is 414 g/mol. The zero-order valence-corrected chi connectivity index (χ0v) is 18.3. The van der Waals surface area contributed by atoms with Gasteiger partial charge in [0.25, 0.3) is 0 Å². The number of aryl methyl sites for hydroxylation is 2. The van der Waals surface area contributed by atoms with Crippen LogP contribution in [0.3, 0.4) is 0 Å². The summed E-state index contributed by atoms with van der Waals surface area (Å²) in [6.07, 6.45) is 4.67. The lowest BCUT2D eigenvalue weighted by Crippen LogP contribution is -2.44. The van der Waals surface area contributed by atoms with E-state index in [9.17, 15) is 13.5 Å². The van der Waals surface area contributed by atoms with Crippen LogP contribution >= 0.6 is 0 Å². The molecule has 0 spiro atoms. The molecule has 0 bridgehead atoms. The summed E-state index contributed by atoms with van der Waals surface area (Å²) < 4.78 is 33.8. The number of aromatic nitrogens is 2. The zero-order valence-electron chi connectivity index (χ0n) is 17.5. The molecule has 0 saturated carbocycles. The summed E-state index contributed by atoms with van der Waals surface area (Å²) in [5.41, 5.74) is 1.13. The first-order valence-corrected chi connectivity index (χ1v) is 12.1. The fourth-order valence-electron chi connectivity index (χ4n) is 4.14. The third kappa shape index (κ3) is 4.80. The normalized spacial score (nSPS) is 20.0. The van der Waals surface area contributed by atoms with E-state index in [0.717, 1.165) is 31.2 Å². The third-order valence-corrected chi connectivity index (χ3v) is 7.77. The molecule has 2 aromatic carbocycles. The van der Waals surface area contributed by atoms with Gasteiger partial charge in [-0.05, 0) is 68.9 Å². The first-order chi connectivity index (χ1) is 14.9. The first-order valence-electron chi connectivity index (χ1n) is 10.6. The Kier molecular flexibility index (Phi) is 6.38. The van der Waals surface area contributed by atoms with Crippen molar-refractivity contribution in [3.63, 3.8) is 0 Å². The van der Waals surface area contributed by atoms with Crippen LogP contribution in [-0.2, 0) is 22.9 Å². The van der Waals surface area contributed by atoms with Crippen LogP contribution in [0.1, 0.15) is 55.9 Å². The summed E-state index contributed by atoms with van der Waals surface area (Å²) in [6, 6.07) is 15.1. The number of piperidine rings is 1. The highest BCUT2D eigenvalue weighted by molar-refractivity contribution is 7.89.